The zero-order valence-corrected chi connectivity index (χ0v) is 20.0. The quantitative estimate of drug-likeness (QED) is 0.264. The number of hydrogen-bond donors (Lipinski definition) is 1. The fourth-order valence-corrected chi connectivity index (χ4v) is 4.19. The Kier molecular flexibility index (Phi) is 7.08. The van der Waals surface area contributed by atoms with Crippen molar-refractivity contribution in [3.63, 3.8) is 0 Å². The first-order valence-corrected chi connectivity index (χ1v) is 11.4. The van der Waals surface area contributed by atoms with Crippen LogP contribution in [-0.2, 0) is 0 Å². The van der Waals surface area contributed by atoms with Crippen LogP contribution < -0.4 is 4.74 Å². The number of halogens is 1. The van der Waals surface area contributed by atoms with Crippen LogP contribution in [0.3, 0.4) is 0 Å². The van der Waals surface area contributed by atoms with Crippen LogP contribution in [0.5, 0.6) is 5.75 Å². The smallest absolute Gasteiger partial charge is 0.211 e. The van der Waals surface area contributed by atoms with Gasteiger partial charge in [-0.05, 0) is 35.9 Å². The number of hydrogen-bond acceptors (Lipinski definition) is 7. The van der Waals surface area contributed by atoms with Gasteiger partial charge in [-0.25, -0.2) is 9.98 Å². The van der Waals surface area contributed by atoms with Crippen LogP contribution in [0.25, 0.3) is 33.6 Å². The number of methoxy groups -OCH3 is 1. The number of furan rings is 1. The van der Waals surface area contributed by atoms with E-state index < -0.39 is 0 Å². The molecule has 170 valence electrons. The first-order valence-electron chi connectivity index (χ1n) is 10.2. The predicted octanol–water partition coefficient (Wildman–Crippen LogP) is 5.52. The highest BCUT2D eigenvalue weighted by molar-refractivity contribution is 7.17. The lowest BCUT2D eigenvalue weighted by atomic mass is 10.0. The van der Waals surface area contributed by atoms with Crippen LogP contribution in [0.2, 0.25) is 5.02 Å². The number of aliphatic hydroxyl groups excluding tert-OH is 1. The van der Waals surface area contributed by atoms with Crippen molar-refractivity contribution in [1.82, 2.24) is 9.88 Å². The standard InChI is InChI=1S/C24H23ClN4O3S/c1-29(2)14-27-24-28-22(20(33-24)13-26-10-11-30)23-21(15-4-6-16(25)7-5-15)18-12-17(31-3)8-9-19(18)32-23/h4-9,12-14,30H,10-11H2,1-3H3. The van der Waals surface area contributed by atoms with Crippen molar-refractivity contribution in [2.24, 2.45) is 9.98 Å². The Morgan fingerprint density at radius 2 is 2.00 bits per heavy atom. The first kappa shape index (κ1) is 23.0. The SMILES string of the molecule is COc1ccc2oc(-c3nc(N=CN(C)C)sc3C=NCCO)c(-c3ccc(Cl)cc3)c2c1. The molecule has 0 aliphatic carbocycles. The van der Waals surface area contributed by atoms with E-state index in [9.17, 15) is 0 Å². The maximum Gasteiger partial charge on any atom is 0.211 e. The molecular formula is C24H23ClN4O3S. The molecule has 0 bridgehead atoms. The second-order valence-electron chi connectivity index (χ2n) is 7.35. The summed E-state index contributed by atoms with van der Waals surface area (Å²) in [6.45, 7) is 0.270. The molecule has 7 nitrogen and oxygen atoms in total. The fraction of sp³-hybridized carbons (Fsp3) is 0.208. The molecule has 2 heterocycles. The minimum absolute atomic E-state index is 0.0310. The van der Waals surface area contributed by atoms with Gasteiger partial charge in [-0.3, -0.25) is 4.99 Å². The molecule has 0 atom stereocenters. The minimum Gasteiger partial charge on any atom is -0.497 e. The lowest BCUT2D eigenvalue weighted by Crippen LogP contribution is -2.06. The third-order valence-corrected chi connectivity index (χ3v) is 5.87. The van der Waals surface area contributed by atoms with E-state index in [4.69, 9.17) is 30.8 Å². The Balaban J connectivity index is 1.96. The molecule has 0 amide bonds. The second kappa shape index (κ2) is 10.2. The van der Waals surface area contributed by atoms with Crippen molar-refractivity contribution in [3.8, 4) is 28.3 Å². The van der Waals surface area contributed by atoms with Crippen molar-refractivity contribution in [2.75, 3.05) is 34.4 Å². The molecule has 2 aromatic heterocycles. The van der Waals surface area contributed by atoms with E-state index in [-0.39, 0.29) is 6.61 Å². The van der Waals surface area contributed by atoms with Gasteiger partial charge in [-0.2, -0.15) is 0 Å². The van der Waals surface area contributed by atoms with Crippen molar-refractivity contribution in [3.05, 3.63) is 52.4 Å². The summed E-state index contributed by atoms with van der Waals surface area (Å²) >= 11 is 7.54. The number of nitrogens with zero attached hydrogens (tertiary/aromatic N) is 4. The number of aliphatic imine (C=N–C) groups is 2. The Bertz CT molecular complexity index is 1310. The molecule has 0 unspecified atom stereocenters. The van der Waals surface area contributed by atoms with E-state index in [1.165, 1.54) is 11.3 Å². The normalized spacial score (nSPS) is 11.8. The molecule has 0 saturated carbocycles. The number of ether oxygens (including phenoxy) is 1. The molecule has 0 spiro atoms. The van der Waals surface area contributed by atoms with Gasteiger partial charge >= 0.3 is 0 Å². The van der Waals surface area contributed by atoms with Gasteiger partial charge in [0.05, 0.1) is 31.5 Å². The largest absolute Gasteiger partial charge is 0.497 e. The Morgan fingerprint density at radius 1 is 1.21 bits per heavy atom. The van der Waals surface area contributed by atoms with Crippen LogP contribution in [0.4, 0.5) is 5.13 Å². The molecule has 0 fully saturated rings. The molecule has 4 aromatic rings. The molecule has 0 aliphatic rings. The van der Waals surface area contributed by atoms with E-state index >= 15 is 0 Å². The van der Waals surface area contributed by atoms with Gasteiger partial charge in [0.25, 0.3) is 0 Å². The third kappa shape index (κ3) is 5.08. The topological polar surface area (TPSA) is 83.5 Å². The van der Waals surface area contributed by atoms with E-state index in [0.717, 1.165) is 27.1 Å². The van der Waals surface area contributed by atoms with Gasteiger partial charge in [0, 0.05) is 36.3 Å². The summed E-state index contributed by atoms with van der Waals surface area (Å²) in [5.74, 6) is 1.33. The van der Waals surface area contributed by atoms with E-state index in [1.54, 1.807) is 19.7 Å². The van der Waals surface area contributed by atoms with Gasteiger partial charge in [0.15, 0.2) is 5.76 Å². The Morgan fingerprint density at radius 3 is 2.70 bits per heavy atom. The van der Waals surface area contributed by atoms with Crippen molar-refractivity contribution in [1.29, 1.82) is 0 Å². The number of aliphatic hydroxyl groups is 1. The van der Waals surface area contributed by atoms with E-state index in [2.05, 4.69) is 9.98 Å². The molecule has 9 heteroatoms. The van der Waals surface area contributed by atoms with Crippen LogP contribution in [0.1, 0.15) is 4.88 Å². The predicted molar refractivity (Wildman–Crippen MR) is 136 cm³/mol. The molecule has 1 N–H and O–H groups in total. The lowest BCUT2D eigenvalue weighted by Gasteiger charge is -2.04. The number of thiazole rings is 1. The molecule has 2 aromatic carbocycles. The second-order valence-corrected chi connectivity index (χ2v) is 8.80. The summed E-state index contributed by atoms with van der Waals surface area (Å²) in [6.07, 6.45) is 3.40. The van der Waals surface area contributed by atoms with Crippen LogP contribution in [0.15, 0.2) is 56.9 Å². The zero-order chi connectivity index (χ0) is 23.4. The van der Waals surface area contributed by atoms with Gasteiger partial charge in [0.2, 0.25) is 5.13 Å². The van der Waals surface area contributed by atoms with Gasteiger partial charge < -0.3 is 19.2 Å². The molecule has 0 aliphatic heterocycles. The third-order valence-electron chi connectivity index (χ3n) is 4.72. The maximum absolute atomic E-state index is 9.14. The molecule has 0 saturated heterocycles. The summed E-state index contributed by atoms with van der Waals surface area (Å²) in [4.78, 5) is 16.1. The zero-order valence-electron chi connectivity index (χ0n) is 18.4. The maximum atomic E-state index is 9.14. The van der Waals surface area contributed by atoms with Crippen LogP contribution >= 0.6 is 22.9 Å². The molecule has 0 radical (unpaired) electrons. The van der Waals surface area contributed by atoms with Crippen molar-refractivity contribution in [2.45, 2.75) is 0 Å². The summed E-state index contributed by atoms with van der Waals surface area (Å²) in [5.41, 5.74) is 3.16. The average Bonchev–Trinajstić information content (AvgIpc) is 3.39. The summed E-state index contributed by atoms with van der Waals surface area (Å²) in [7, 11) is 5.43. The highest BCUT2D eigenvalue weighted by atomic mass is 35.5. The van der Waals surface area contributed by atoms with Crippen molar-refractivity contribution < 1.29 is 14.3 Å². The Labute approximate surface area is 200 Å². The first-order chi connectivity index (χ1) is 16.0. The van der Waals surface area contributed by atoms with Crippen LogP contribution in [0, 0.1) is 0 Å². The summed E-state index contributed by atoms with van der Waals surface area (Å²) in [6, 6.07) is 13.3. The number of benzene rings is 2. The number of fused-ring (bicyclic) bond motifs is 1. The van der Waals surface area contributed by atoms with Gasteiger partial charge in [-0.15, -0.1) is 0 Å². The number of rotatable bonds is 8. The van der Waals surface area contributed by atoms with E-state index in [0.29, 0.717) is 33.7 Å². The summed E-state index contributed by atoms with van der Waals surface area (Å²) in [5, 5.41) is 11.3. The van der Waals surface area contributed by atoms with Gasteiger partial charge in [0.1, 0.15) is 17.0 Å². The van der Waals surface area contributed by atoms with Crippen molar-refractivity contribution >= 4 is 51.6 Å². The summed E-state index contributed by atoms with van der Waals surface area (Å²) < 4.78 is 11.8. The molecule has 4 rings (SSSR count). The van der Waals surface area contributed by atoms with E-state index in [1.807, 2.05) is 61.5 Å². The highest BCUT2D eigenvalue weighted by Gasteiger charge is 2.23. The van der Waals surface area contributed by atoms with Gasteiger partial charge in [-0.1, -0.05) is 35.1 Å². The number of aromatic nitrogens is 1. The monoisotopic (exact) mass is 482 g/mol. The average molecular weight is 483 g/mol. The van der Waals surface area contributed by atoms with Crippen LogP contribution in [-0.4, -0.2) is 61.9 Å². The molecular weight excluding hydrogens is 460 g/mol. The fourth-order valence-electron chi connectivity index (χ4n) is 3.27. The highest BCUT2D eigenvalue weighted by Crippen LogP contribution is 2.44. The lowest BCUT2D eigenvalue weighted by molar-refractivity contribution is 0.307. The minimum atomic E-state index is -0.0310. The molecule has 33 heavy (non-hydrogen) atoms. The Hall–Kier alpha value is -3.20.